The zero-order chi connectivity index (χ0) is 30.5. The summed E-state index contributed by atoms with van der Waals surface area (Å²) in [5, 5.41) is 1.98. The third-order valence-corrected chi connectivity index (χ3v) is 7.61. The third-order valence-electron chi connectivity index (χ3n) is 7.61. The van der Waals surface area contributed by atoms with Gasteiger partial charge in [0.05, 0.1) is 18.0 Å². The van der Waals surface area contributed by atoms with E-state index in [1.165, 1.54) is 12.3 Å². The van der Waals surface area contributed by atoms with Crippen molar-refractivity contribution in [3.63, 3.8) is 0 Å². The number of rotatable bonds is 5. The molecule has 1 aliphatic heterocycles. The van der Waals surface area contributed by atoms with Crippen LogP contribution in [0, 0.1) is 19.0 Å². The number of nitrogens with zero attached hydrogens (tertiary/aromatic N) is 4. The van der Waals surface area contributed by atoms with Crippen LogP contribution >= 0.6 is 0 Å². The Morgan fingerprint density at radius 1 is 0.721 bits per heavy atom. The Bertz CT molecular complexity index is 2200. The monoisotopic (exact) mass is 740 g/mol. The number of hydrogen-bond donors (Lipinski definition) is 0. The van der Waals surface area contributed by atoms with Crippen molar-refractivity contribution < 1.29 is 29.9 Å². The summed E-state index contributed by atoms with van der Waals surface area (Å²) in [6.45, 7) is -1.60. The summed E-state index contributed by atoms with van der Waals surface area (Å²) in [6.07, 6.45) is 1.54. The molecule has 1 aliphatic rings. The first kappa shape index (κ1) is 23.7. The summed E-state index contributed by atoms with van der Waals surface area (Å²) >= 11 is 0. The zero-order valence-electron chi connectivity index (χ0n) is 25.8. The van der Waals surface area contributed by atoms with Crippen LogP contribution in [0.2, 0.25) is 0 Å². The number of aromatic nitrogens is 2. The first-order valence-corrected chi connectivity index (χ1v) is 13.8. The molecule has 8 rings (SSSR count). The maximum atomic E-state index is 7.91. The van der Waals surface area contributed by atoms with Crippen molar-refractivity contribution >= 4 is 44.6 Å². The molecule has 6 heteroatoms. The zero-order valence-corrected chi connectivity index (χ0v) is 25.1. The summed E-state index contributed by atoms with van der Waals surface area (Å²) in [5.41, 5.74) is 6.11. The van der Waals surface area contributed by atoms with Gasteiger partial charge in [0.25, 0.3) is 0 Å². The molecule has 0 radical (unpaired) electrons. The van der Waals surface area contributed by atoms with Gasteiger partial charge < -0.3 is 19.1 Å². The van der Waals surface area contributed by atoms with E-state index in [1.54, 1.807) is 6.07 Å². The Kier molecular flexibility index (Phi) is 6.10. The summed E-state index contributed by atoms with van der Waals surface area (Å²) in [5.74, 6) is 1.58. The minimum Gasteiger partial charge on any atom is -0.509 e. The van der Waals surface area contributed by atoms with Gasteiger partial charge in [0, 0.05) is 33.0 Å². The van der Waals surface area contributed by atoms with Crippen molar-refractivity contribution in [3.8, 4) is 17.3 Å². The number of para-hydroxylation sites is 4. The van der Waals surface area contributed by atoms with Crippen molar-refractivity contribution in [2.24, 2.45) is 0 Å². The number of benzene rings is 5. The van der Waals surface area contributed by atoms with Crippen LogP contribution in [-0.4, -0.2) is 16.2 Å². The second-order valence-electron chi connectivity index (χ2n) is 10.2. The average molecular weight is 741 g/mol. The molecular weight excluding hydrogens is 712 g/mol. The first-order chi connectivity index (χ1) is 21.9. The second-order valence-corrected chi connectivity index (χ2v) is 10.2. The van der Waals surface area contributed by atoms with Crippen molar-refractivity contribution in [3.05, 3.63) is 145 Å². The fourth-order valence-corrected chi connectivity index (χ4v) is 5.73. The predicted molar refractivity (Wildman–Crippen MR) is 170 cm³/mol. The Balaban J connectivity index is 0.00000338. The van der Waals surface area contributed by atoms with Crippen molar-refractivity contribution in [2.75, 3.05) is 16.5 Å². The van der Waals surface area contributed by atoms with Gasteiger partial charge in [0.2, 0.25) is 0 Å². The van der Waals surface area contributed by atoms with Crippen LogP contribution < -0.4 is 14.5 Å². The topological polar surface area (TPSA) is 33.5 Å². The first-order valence-electron chi connectivity index (χ1n) is 15.3. The van der Waals surface area contributed by atoms with Crippen LogP contribution in [0.25, 0.3) is 27.6 Å². The van der Waals surface area contributed by atoms with E-state index >= 15 is 0 Å². The van der Waals surface area contributed by atoms with Gasteiger partial charge in [-0.05, 0) is 60.3 Å². The van der Waals surface area contributed by atoms with Gasteiger partial charge >= 0.3 is 21.1 Å². The van der Waals surface area contributed by atoms with Crippen LogP contribution in [0.1, 0.15) is 9.68 Å². The van der Waals surface area contributed by atoms with Gasteiger partial charge in [-0.1, -0.05) is 59.7 Å². The van der Waals surface area contributed by atoms with E-state index in [1.807, 2.05) is 83.4 Å². The molecule has 43 heavy (non-hydrogen) atoms. The SMILES string of the molecule is [2H]C([2H])([2H])c1ccnc(-n2c3[c-]c(Oc4[c-]c(N5CN(c6ccccc6)c6ccccc65)ccc4)ccc3c3ccccc32)c1.[Pt+2]. The quantitative estimate of drug-likeness (QED) is 0.165. The number of anilines is 4. The molecule has 0 fully saturated rings. The van der Waals surface area contributed by atoms with Gasteiger partial charge in [-0.25, -0.2) is 4.98 Å². The predicted octanol–water partition coefficient (Wildman–Crippen LogP) is 9.12. The summed E-state index contributed by atoms with van der Waals surface area (Å²) in [7, 11) is 0. The number of ether oxygens (including phenoxy) is 1. The summed E-state index contributed by atoms with van der Waals surface area (Å²) in [6, 6.07) is 46.5. The second kappa shape index (κ2) is 11.1. The maximum absolute atomic E-state index is 7.91. The van der Waals surface area contributed by atoms with Gasteiger partial charge in [0.1, 0.15) is 5.82 Å². The van der Waals surface area contributed by atoms with Crippen LogP contribution in [0.4, 0.5) is 22.7 Å². The van der Waals surface area contributed by atoms with Gasteiger partial charge in [-0.3, -0.25) is 0 Å². The Morgan fingerprint density at radius 3 is 2.35 bits per heavy atom. The van der Waals surface area contributed by atoms with E-state index in [-0.39, 0.29) is 26.6 Å². The smallest absolute Gasteiger partial charge is 0.509 e. The molecule has 0 spiro atoms. The number of fused-ring (bicyclic) bond motifs is 4. The molecule has 7 aromatic rings. The molecule has 5 aromatic carbocycles. The number of pyridine rings is 1. The molecule has 210 valence electrons. The molecule has 0 atom stereocenters. The molecule has 0 N–H and O–H groups in total. The van der Waals surface area contributed by atoms with Crippen LogP contribution in [0.3, 0.4) is 0 Å². The summed E-state index contributed by atoms with van der Waals surface area (Å²) < 4.78 is 32.1. The van der Waals surface area contributed by atoms with Crippen molar-refractivity contribution in [1.82, 2.24) is 9.55 Å². The molecule has 3 heterocycles. The molecule has 2 aromatic heterocycles. The van der Waals surface area contributed by atoms with Crippen molar-refractivity contribution in [1.29, 1.82) is 0 Å². The molecule has 5 nitrogen and oxygen atoms in total. The minimum atomic E-state index is -2.25. The third kappa shape index (κ3) is 4.76. The molecule has 0 amide bonds. The fraction of sp³-hybridized carbons (Fsp3) is 0.0541. The number of aryl methyl sites for hydroxylation is 1. The fourth-order valence-electron chi connectivity index (χ4n) is 5.73. The largest absolute Gasteiger partial charge is 2.00 e. The van der Waals surface area contributed by atoms with E-state index in [0.717, 1.165) is 44.6 Å². The van der Waals surface area contributed by atoms with E-state index < -0.39 is 6.85 Å². The van der Waals surface area contributed by atoms with Crippen LogP contribution in [0.15, 0.2) is 128 Å². The molecular formula is C37H26N4OPt. The number of hydrogen-bond acceptors (Lipinski definition) is 4. The Labute approximate surface area is 269 Å². The standard InChI is InChI=1S/C37H26N4O.Pt/c1-26-20-21-38-37(22-26)41-33-15-6-5-14-31(33)32-19-18-30(24-36(32)41)42-29-13-9-12-28(23-29)40-25-39(27-10-3-2-4-11-27)34-16-7-8-17-35(34)40;/h2-22H,25H2,1H3;/q-2;+2/i1D3;. The molecule has 0 aliphatic carbocycles. The average Bonchev–Trinajstić information content (AvgIpc) is 3.61. The Morgan fingerprint density at radius 2 is 1.49 bits per heavy atom. The molecule has 0 unspecified atom stereocenters. The van der Waals surface area contributed by atoms with E-state index in [4.69, 9.17) is 8.85 Å². The van der Waals surface area contributed by atoms with Gasteiger partial charge in [-0.2, -0.15) is 12.1 Å². The van der Waals surface area contributed by atoms with Gasteiger partial charge in [-0.15, -0.1) is 35.7 Å². The van der Waals surface area contributed by atoms with Crippen LogP contribution in [-0.2, 0) is 21.1 Å². The van der Waals surface area contributed by atoms with Crippen molar-refractivity contribution in [2.45, 2.75) is 6.85 Å². The molecule has 0 saturated heterocycles. The van der Waals surface area contributed by atoms with E-state index in [9.17, 15) is 0 Å². The van der Waals surface area contributed by atoms with E-state index in [2.05, 4.69) is 57.2 Å². The summed E-state index contributed by atoms with van der Waals surface area (Å²) in [4.78, 5) is 9.06. The van der Waals surface area contributed by atoms with Crippen LogP contribution in [0.5, 0.6) is 11.5 Å². The van der Waals surface area contributed by atoms with E-state index in [0.29, 0.717) is 24.0 Å². The van der Waals surface area contributed by atoms with Gasteiger partial charge in [0.15, 0.2) is 0 Å². The molecule has 0 saturated carbocycles. The normalized spacial score (nSPS) is 13.7. The molecule has 0 bridgehead atoms. The maximum Gasteiger partial charge on any atom is 2.00 e. The minimum absolute atomic E-state index is 0. The Hall–Kier alpha value is -4.86.